The molecule has 3 heterocycles. The van der Waals surface area contributed by atoms with E-state index in [0.717, 1.165) is 36.1 Å². The van der Waals surface area contributed by atoms with Gasteiger partial charge in [-0.15, -0.1) is 0 Å². The van der Waals surface area contributed by atoms with E-state index in [1.54, 1.807) is 0 Å². The number of hydrogen-bond acceptors (Lipinski definition) is 2. The van der Waals surface area contributed by atoms with Gasteiger partial charge in [0, 0.05) is 25.7 Å². The minimum absolute atomic E-state index is 0. The number of quaternary nitrogens is 1. The Balaban J connectivity index is 0.00000192. The van der Waals surface area contributed by atoms with Crippen LogP contribution in [0.3, 0.4) is 0 Å². The van der Waals surface area contributed by atoms with Gasteiger partial charge in [0.25, 0.3) is 0 Å². The van der Waals surface area contributed by atoms with Crippen LogP contribution in [-0.2, 0) is 14.9 Å². The van der Waals surface area contributed by atoms with E-state index in [1.165, 1.54) is 30.4 Å². The number of rotatable bonds is 4. The Morgan fingerprint density at radius 1 is 0.893 bits per heavy atom. The zero-order chi connectivity index (χ0) is 18.5. The van der Waals surface area contributed by atoms with Crippen LogP contribution >= 0.6 is 0 Å². The topological polar surface area (TPSA) is 26.3 Å². The maximum absolute atomic E-state index is 13.5. The van der Waals surface area contributed by atoms with Gasteiger partial charge in [0.15, 0.2) is 0 Å². The molecule has 0 amide bonds. The van der Waals surface area contributed by atoms with Crippen molar-refractivity contribution in [3.8, 4) is 0 Å². The van der Waals surface area contributed by atoms with Gasteiger partial charge in [-0.05, 0) is 18.1 Å². The second-order valence-corrected chi connectivity index (χ2v) is 8.79. The maximum atomic E-state index is 13.5. The van der Waals surface area contributed by atoms with E-state index in [4.69, 9.17) is 4.74 Å². The number of carbonyl (C=O) groups excluding carboxylic acids is 1. The lowest BCUT2D eigenvalue weighted by molar-refractivity contribution is -0.846. The molecule has 0 radical (unpaired) electrons. The number of nitrogens with zero attached hydrogens (tertiary/aromatic N) is 1. The molecule has 5 rings (SSSR count). The summed E-state index contributed by atoms with van der Waals surface area (Å²) in [5.41, 5.74) is 1.22. The first-order valence-corrected chi connectivity index (χ1v) is 10.3. The molecule has 2 atom stereocenters. The number of hydrogen-bond donors (Lipinski definition) is 0. The molecule has 0 aromatic heterocycles. The molecule has 3 aliphatic rings. The van der Waals surface area contributed by atoms with Gasteiger partial charge < -0.3 is 26.2 Å². The first-order valence-electron chi connectivity index (χ1n) is 10.3. The summed E-state index contributed by atoms with van der Waals surface area (Å²) in [6.45, 7) is 4.71. The van der Waals surface area contributed by atoms with Crippen molar-refractivity contribution < 1.29 is 31.0 Å². The van der Waals surface area contributed by atoms with Crippen LogP contribution < -0.4 is 17.0 Å². The van der Waals surface area contributed by atoms with Crippen LogP contribution in [0.15, 0.2) is 60.7 Å². The summed E-state index contributed by atoms with van der Waals surface area (Å²) in [6, 6.07) is 21.6. The predicted molar refractivity (Wildman–Crippen MR) is 105 cm³/mol. The van der Waals surface area contributed by atoms with Gasteiger partial charge in [0.1, 0.15) is 24.6 Å². The van der Waals surface area contributed by atoms with Crippen LogP contribution in [-0.4, -0.2) is 41.7 Å². The average Bonchev–Trinajstić information content (AvgIpc) is 3.47. The predicted octanol–water partition coefficient (Wildman–Crippen LogP) is 1.06. The van der Waals surface area contributed by atoms with Gasteiger partial charge in [-0.2, -0.15) is 0 Å². The Kier molecular flexibility index (Phi) is 5.13. The lowest BCUT2D eigenvalue weighted by Gasteiger charge is -2.38. The summed E-state index contributed by atoms with van der Waals surface area (Å²) in [6.07, 6.45) is 4.79. The molecule has 4 heteroatoms. The molecule has 2 unspecified atom stereocenters. The standard InChI is InChI=1S/C24H28NO2.BrH/c1-24(18-8-4-2-5-9-18,19-10-6-3-7-11-19)23(26)27-22-16-20-12-13-21(17-22)25(20)14-15-25;/h2-11,20-22H,12-17H2,1H3;1H/q+1;/p-1. The van der Waals surface area contributed by atoms with E-state index in [2.05, 4.69) is 0 Å². The highest BCUT2D eigenvalue weighted by molar-refractivity contribution is 5.87. The zero-order valence-electron chi connectivity index (χ0n) is 16.4. The Hall–Kier alpha value is -1.65. The minimum Gasteiger partial charge on any atom is -1.00 e. The molecule has 148 valence electrons. The van der Waals surface area contributed by atoms with E-state index in [1.807, 2.05) is 67.6 Å². The van der Waals surface area contributed by atoms with Crippen molar-refractivity contribution in [2.75, 3.05) is 13.1 Å². The number of carbonyl (C=O) groups is 1. The maximum Gasteiger partial charge on any atom is 0.321 e. The Morgan fingerprint density at radius 2 is 1.36 bits per heavy atom. The molecule has 0 aliphatic carbocycles. The molecule has 3 saturated heterocycles. The van der Waals surface area contributed by atoms with Crippen LogP contribution in [0.5, 0.6) is 0 Å². The van der Waals surface area contributed by atoms with E-state index in [-0.39, 0.29) is 29.1 Å². The summed E-state index contributed by atoms with van der Waals surface area (Å²) in [7, 11) is 0. The van der Waals surface area contributed by atoms with E-state index < -0.39 is 5.41 Å². The lowest BCUT2D eigenvalue weighted by Crippen LogP contribution is -3.00. The highest BCUT2D eigenvalue weighted by Crippen LogP contribution is 2.49. The van der Waals surface area contributed by atoms with Gasteiger partial charge >= 0.3 is 5.97 Å². The van der Waals surface area contributed by atoms with Crippen LogP contribution in [0.2, 0.25) is 0 Å². The third-order valence-corrected chi connectivity index (χ3v) is 7.48. The monoisotopic (exact) mass is 441 g/mol. The molecule has 0 saturated carbocycles. The van der Waals surface area contributed by atoms with Crippen molar-refractivity contribution >= 4 is 5.97 Å². The van der Waals surface area contributed by atoms with Crippen LogP contribution in [0.4, 0.5) is 0 Å². The summed E-state index contributed by atoms with van der Waals surface area (Å²) >= 11 is 0. The number of esters is 1. The molecule has 3 fully saturated rings. The largest absolute Gasteiger partial charge is 1.00 e. The van der Waals surface area contributed by atoms with Crippen molar-refractivity contribution in [2.45, 2.75) is 56.2 Å². The van der Waals surface area contributed by atoms with Gasteiger partial charge in [0.2, 0.25) is 0 Å². The minimum atomic E-state index is -0.773. The molecule has 28 heavy (non-hydrogen) atoms. The molecule has 0 N–H and O–H groups in total. The normalized spacial score (nSPS) is 27.1. The Labute approximate surface area is 178 Å². The second-order valence-electron chi connectivity index (χ2n) is 8.79. The van der Waals surface area contributed by atoms with Gasteiger partial charge in [-0.3, -0.25) is 4.79 Å². The summed E-state index contributed by atoms with van der Waals surface area (Å²) in [5, 5.41) is 0. The molecule has 2 aromatic carbocycles. The summed E-state index contributed by atoms with van der Waals surface area (Å²) in [5.74, 6) is -0.108. The first-order chi connectivity index (χ1) is 13.1. The van der Waals surface area contributed by atoms with Gasteiger partial charge in [-0.1, -0.05) is 60.7 Å². The van der Waals surface area contributed by atoms with Crippen LogP contribution in [0.1, 0.15) is 43.7 Å². The van der Waals surface area contributed by atoms with Crippen molar-refractivity contribution in [3.63, 3.8) is 0 Å². The molecule has 3 nitrogen and oxygen atoms in total. The number of piperidine rings is 1. The third kappa shape index (κ3) is 3.02. The van der Waals surface area contributed by atoms with E-state index in [0.29, 0.717) is 0 Å². The van der Waals surface area contributed by atoms with Gasteiger partial charge in [0.05, 0.1) is 12.1 Å². The highest BCUT2D eigenvalue weighted by atomic mass is 79.9. The number of halogens is 1. The average molecular weight is 442 g/mol. The van der Waals surface area contributed by atoms with Crippen LogP contribution in [0.25, 0.3) is 0 Å². The lowest BCUT2D eigenvalue weighted by atomic mass is 9.76. The molecule has 3 aliphatic heterocycles. The number of ether oxygens (including phenoxy) is 1. The Bertz CT molecular complexity index is 779. The SMILES string of the molecule is CC(C(=O)OC1CC2CCC(C1)[N+]21CC1)(c1ccccc1)c1ccccc1.[Br-]. The fourth-order valence-corrected chi connectivity index (χ4v) is 5.71. The molecule has 1 spiro atoms. The fraction of sp³-hybridized carbons (Fsp3) is 0.458. The van der Waals surface area contributed by atoms with Crippen molar-refractivity contribution in [1.82, 2.24) is 0 Å². The zero-order valence-corrected chi connectivity index (χ0v) is 18.0. The quantitative estimate of drug-likeness (QED) is 0.402. The van der Waals surface area contributed by atoms with Crippen LogP contribution in [0, 0.1) is 0 Å². The van der Waals surface area contributed by atoms with Crippen molar-refractivity contribution in [1.29, 1.82) is 0 Å². The van der Waals surface area contributed by atoms with E-state index >= 15 is 0 Å². The van der Waals surface area contributed by atoms with Crippen molar-refractivity contribution in [3.05, 3.63) is 71.8 Å². The smallest absolute Gasteiger partial charge is 0.321 e. The molecular formula is C24H28BrNO2. The molecule has 2 aromatic rings. The van der Waals surface area contributed by atoms with Gasteiger partial charge in [-0.25, -0.2) is 0 Å². The highest BCUT2D eigenvalue weighted by Gasteiger charge is 2.62. The van der Waals surface area contributed by atoms with Crippen molar-refractivity contribution in [2.24, 2.45) is 0 Å². The molecular weight excluding hydrogens is 414 g/mol. The molecule has 2 bridgehead atoms. The van der Waals surface area contributed by atoms with E-state index in [9.17, 15) is 4.79 Å². The fourth-order valence-electron chi connectivity index (χ4n) is 5.71. The second kappa shape index (κ2) is 7.31. The third-order valence-electron chi connectivity index (χ3n) is 7.48. The summed E-state index contributed by atoms with van der Waals surface area (Å²) < 4.78 is 7.55. The first kappa shape index (κ1) is 19.7. The summed E-state index contributed by atoms with van der Waals surface area (Å²) in [4.78, 5) is 13.5. The Morgan fingerprint density at radius 3 is 1.79 bits per heavy atom. The number of benzene rings is 2.